The van der Waals surface area contributed by atoms with Crippen molar-refractivity contribution in [2.75, 3.05) is 57.4 Å². The van der Waals surface area contributed by atoms with Gasteiger partial charge in [0.25, 0.3) is 0 Å². The van der Waals surface area contributed by atoms with Gasteiger partial charge in [-0.2, -0.15) is 9.97 Å². The summed E-state index contributed by atoms with van der Waals surface area (Å²) < 4.78 is 29.4. The number of aromatic nitrogens is 2. The molecule has 2 bridgehead atoms. The van der Waals surface area contributed by atoms with Crippen LogP contribution >= 0.6 is 11.6 Å². The number of ether oxygens (including phenoxy) is 2. The molecule has 0 spiro atoms. The van der Waals surface area contributed by atoms with Crippen LogP contribution in [0.4, 0.5) is 10.2 Å². The van der Waals surface area contributed by atoms with E-state index in [4.69, 9.17) is 37.5 Å². The second kappa shape index (κ2) is 11.4. The van der Waals surface area contributed by atoms with E-state index in [2.05, 4.69) is 21.0 Å². The minimum Gasteiger partial charge on any atom is -0.508 e. The van der Waals surface area contributed by atoms with E-state index < -0.39 is 5.82 Å². The van der Waals surface area contributed by atoms with Crippen molar-refractivity contribution >= 4 is 39.1 Å². The smallest absolute Gasteiger partial charge is 0.319 e. The first-order valence-corrected chi connectivity index (χ1v) is 17.5. The normalized spacial score (nSPS) is 25.9. The Labute approximate surface area is 284 Å². The predicted octanol–water partition coefficient (Wildman–Crippen LogP) is 5.92. The molecule has 9 rings (SSSR count). The van der Waals surface area contributed by atoms with Crippen LogP contribution in [0.2, 0.25) is 5.02 Å². The lowest BCUT2D eigenvalue weighted by molar-refractivity contribution is 0.131. The Morgan fingerprint density at radius 3 is 2.56 bits per heavy atom. The summed E-state index contributed by atoms with van der Waals surface area (Å²) in [6.07, 6.45) is 10.3. The summed E-state index contributed by atoms with van der Waals surface area (Å²) in [6, 6.07) is 9.56. The zero-order chi connectivity index (χ0) is 32.7. The first kappa shape index (κ1) is 30.4. The van der Waals surface area contributed by atoms with Gasteiger partial charge in [0.2, 0.25) is 0 Å². The van der Waals surface area contributed by atoms with Gasteiger partial charge in [-0.25, -0.2) is 4.39 Å². The molecule has 0 radical (unpaired) electrons. The molecular weight excluding hydrogens is 629 g/mol. The second-order valence-corrected chi connectivity index (χ2v) is 15.3. The molecule has 4 aromatic rings. The van der Waals surface area contributed by atoms with Crippen molar-refractivity contribution in [2.24, 2.45) is 17.3 Å². The van der Waals surface area contributed by atoms with E-state index in [1.165, 1.54) is 0 Å². The number of hydrogen-bond donors (Lipinski definition) is 2. The molecule has 5 aliphatic rings. The van der Waals surface area contributed by atoms with Crippen LogP contribution in [0, 0.1) is 42.3 Å². The first-order valence-electron chi connectivity index (χ1n) is 17.1. The zero-order valence-corrected chi connectivity index (χ0v) is 27.8. The maximum Gasteiger partial charge on any atom is 0.319 e. The lowest BCUT2D eigenvalue weighted by Gasteiger charge is -2.34. The number of phenols is 1. The molecule has 248 valence electrons. The highest BCUT2D eigenvalue weighted by atomic mass is 35.5. The number of aryl methyl sites for hydroxylation is 1. The van der Waals surface area contributed by atoms with Gasteiger partial charge in [-0.15, -0.1) is 6.42 Å². The van der Waals surface area contributed by atoms with Gasteiger partial charge in [0, 0.05) is 78.4 Å². The fourth-order valence-corrected chi connectivity index (χ4v) is 9.03. The topological polar surface area (TPSA) is 83.0 Å². The molecule has 4 aliphatic heterocycles. The molecule has 5 fully saturated rings. The summed E-state index contributed by atoms with van der Waals surface area (Å²) >= 11 is 6.53. The summed E-state index contributed by atoms with van der Waals surface area (Å²) in [7, 11) is 0. The quantitative estimate of drug-likeness (QED) is 0.235. The Morgan fingerprint density at radius 1 is 1.10 bits per heavy atom. The van der Waals surface area contributed by atoms with Crippen LogP contribution in [0.5, 0.6) is 11.8 Å². The van der Waals surface area contributed by atoms with E-state index in [-0.39, 0.29) is 22.7 Å². The lowest BCUT2D eigenvalue weighted by Crippen LogP contribution is -2.51. The summed E-state index contributed by atoms with van der Waals surface area (Å²) in [4.78, 5) is 14.6. The number of nitrogens with one attached hydrogen (secondary N) is 1. The molecular formula is C38H39ClFN5O3. The summed E-state index contributed by atoms with van der Waals surface area (Å²) in [5.74, 6) is 4.17. The van der Waals surface area contributed by atoms with Gasteiger partial charge < -0.3 is 29.7 Å². The predicted molar refractivity (Wildman–Crippen MR) is 185 cm³/mol. The van der Waals surface area contributed by atoms with Crippen LogP contribution in [-0.2, 0) is 4.74 Å². The molecule has 1 saturated carbocycles. The molecule has 2 unspecified atom stereocenters. The van der Waals surface area contributed by atoms with Crippen molar-refractivity contribution in [1.82, 2.24) is 20.2 Å². The molecule has 10 heteroatoms. The molecule has 4 saturated heterocycles. The van der Waals surface area contributed by atoms with Crippen molar-refractivity contribution in [3.63, 3.8) is 0 Å². The second-order valence-electron chi connectivity index (χ2n) is 14.8. The highest BCUT2D eigenvalue weighted by Crippen LogP contribution is 2.48. The number of anilines is 1. The molecule has 5 heterocycles. The van der Waals surface area contributed by atoms with Crippen molar-refractivity contribution in [2.45, 2.75) is 44.7 Å². The first-order chi connectivity index (χ1) is 23.3. The number of aromatic hydroxyl groups is 1. The van der Waals surface area contributed by atoms with Crippen molar-refractivity contribution in [1.29, 1.82) is 0 Å². The number of phenolic OH excluding ortho intramolecular Hbond substituents is 1. The Bertz CT molecular complexity index is 1990. The molecule has 2 N–H and O–H groups in total. The van der Waals surface area contributed by atoms with Gasteiger partial charge in [0.05, 0.1) is 30.4 Å². The summed E-state index contributed by atoms with van der Waals surface area (Å²) in [5.41, 5.74) is 2.19. The highest BCUT2D eigenvalue weighted by molar-refractivity contribution is 6.33. The molecule has 48 heavy (non-hydrogen) atoms. The fraction of sp³-hybridized carbons (Fsp3) is 0.474. The molecule has 8 nitrogen and oxygen atoms in total. The van der Waals surface area contributed by atoms with Gasteiger partial charge in [-0.3, -0.25) is 0 Å². The molecule has 4 atom stereocenters. The lowest BCUT2D eigenvalue weighted by atomic mass is 9.90. The number of nitrogens with zero attached hydrogens (tertiary/aromatic N) is 4. The van der Waals surface area contributed by atoms with Crippen LogP contribution in [0.1, 0.15) is 36.8 Å². The van der Waals surface area contributed by atoms with E-state index >= 15 is 4.39 Å². The maximum atomic E-state index is 17.2. The van der Waals surface area contributed by atoms with Crippen LogP contribution in [0.25, 0.3) is 32.8 Å². The van der Waals surface area contributed by atoms with E-state index in [1.54, 1.807) is 24.3 Å². The van der Waals surface area contributed by atoms with Gasteiger partial charge in [-0.05, 0) is 73.4 Å². The average Bonchev–Trinajstić information content (AvgIpc) is 3.31. The van der Waals surface area contributed by atoms with Crippen molar-refractivity contribution < 1.29 is 19.0 Å². The monoisotopic (exact) mass is 667 g/mol. The van der Waals surface area contributed by atoms with Crippen LogP contribution in [0.15, 0.2) is 30.3 Å². The molecule has 0 amide bonds. The summed E-state index contributed by atoms with van der Waals surface area (Å²) in [6.45, 7) is 8.84. The zero-order valence-electron chi connectivity index (χ0n) is 27.1. The Kier molecular flexibility index (Phi) is 7.25. The number of likely N-dealkylation sites (tertiary alicyclic amines) is 1. The van der Waals surface area contributed by atoms with Gasteiger partial charge in [-0.1, -0.05) is 23.6 Å². The average molecular weight is 668 g/mol. The van der Waals surface area contributed by atoms with Crippen LogP contribution in [-0.4, -0.2) is 84.6 Å². The molecule has 1 aromatic heterocycles. The van der Waals surface area contributed by atoms with E-state index in [1.807, 2.05) is 13.0 Å². The van der Waals surface area contributed by atoms with Crippen molar-refractivity contribution in [3.05, 3.63) is 52.3 Å². The minimum atomic E-state index is -0.501. The third-order valence-electron chi connectivity index (χ3n) is 11.4. The van der Waals surface area contributed by atoms with E-state index in [9.17, 15) is 5.11 Å². The summed E-state index contributed by atoms with van der Waals surface area (Å²) in [5, 5.41) is 16.8. The SMILES string of the molecule is C#Cc1c(Cl)ccc2cc(O)cc(-c3c(C)cc4c(N5CC6CCC(C5)N6)nc(OCC5(CN6C[C@H]7COC[C@H]7C6)CC5)nc4c3F)c12. The number of terminal acetylenes is 1. The van der Waals surface area contributed by atoms with E-state index in [0.717, 1.165) is 71.6 Å². The van der Waals surface area contributed by atoms with E-state index in [0.29, 0.717) is 79.8 Å². The Balaban J connectivity index is 1.13. The number of rotatable bonds is 7. The number of halogens is 2. The number of benzene rings is 3. The highest BCUT2D eigenvalue weighted by Gasteiger charge is 2.48. The largest absolute Gasteiger partial charge is 0.508 e. The minimum absolute atomic E-state index is 0.00858. The number of piperazine rings is 1. The fourth-order valence-electron chi connectivity index (χ4n) is 8.82. The Morgan fingerprint density at radius 2 is 1.85 bits per heavy atom. The standard InChI is InChI=1S/C38H39ClFN5O3/c1-3-28-31(39)7-4-22-11-27(46)12-29(33(22)28)32-21(2)10-30-35(34(32)40)42-37(43-36(30)45-15-25-5-6-26(16-45)41-25)48-20-38(8-9-38)19-44-13-23-17-47-18-24(23)14-44/h1,4,7,10-12,23-26,41,46H,5-6,8-9,13-20H2,2H3/t23-,24+,25?,26?. The maximum absolute atomic E-state index is 17.2. The van der Waals surface area contributed by atoms with Crippen LogP contribution < -0.4 is 15.0 Å². The molecule has 1 aliphatic carbocycles. The number of fused-ring (bicyclic) bond motifs is 5. The third kappa shape index (κ3) is 5.16. The van der Waals surface area contributed by atoms with Crippen molar-refractivity contribution in [3.8, 4) is 35.2 Å². The number of hydrogen-bond acceptors (Lipinski definition) is 8. The van der Waals surface area contributed by atoms with Gasteiger partial charge >= 0.3 is 6.01 Å². The van der Waals surface area contributed by atoms with Gasteiger partial charge in [0.1, 0.15) is 17.1 Å². The molecule has 3 aromatic carbocycles. The van der Waals surface area contributed by atoms with Gasteiger partial charge in [0.15, 0.2) is 5.82 Å². The Hall–Kier alpha value is -3.68. The van der Waals surface area contributed by atoms with Crippen LogP contribution in [0.3, 0.4) is 0 Å². The third-order valence-corrected chi connectivity index (χ3v) is 11.7.